The summed E-state index contributed by atoms with van der Waals surface area (Å²) in [7, 11) is 1.54. The van der Waals surface area contributed by atoms with E-state index in [1.165, 1.54) is 28.8 Å². The molecule has 2 amide bonds. The number of ether oxygens (including phenoxy) is 1. The third-order valence-corrected chi connectivity index (χ3v) is 6.70. The minimum absolute atomic E-state index is 0.0389. The van der Waals surface area contributed by atoms with Crippen LogP contribution in [0.5, 0.6) is 5.75 Å². The zero-order valence-corrected chi connectivity index (χ0v) is 20.5. The molecule has 1 fully saturated rings. The van der Waals surface area contributed by atoms with Gasteiger partial charge in [0.15, 0.2) is 0 Å². The van der Waals surface area contributed by atoms with Crippen molar-refractivity contribution in [2.24, 2.45) is 0 Å². The third kappa shape index (κ3) is 5.30. The van der Waals surface area contributed by atoms with Crippen LogP contribution in [0.25, 0.3) is 11.0 Å². The van der Waals surface area contributed by atoms with E-state index in [0.717, 1.165) is 25.7 Å². The van der Waals surface area contributed by atoms with E-state index in [1.807, 2.05) is 24.3 Å². The van der Waals surface area contributed by atoms with E-state index in [2.05, 4.69) is 15.6 Å². The number of carbonyl (C=O) groups is 2. The zero-order chi connectivity index (χ0) is 25.8. The van der Waals surface area contributed by atoms with Crippen LogP contribution in [-0.2, 0) is 16.1 Å². The minimum atomic E-state index is -1.03. The molecule has 1 N–H and O–H groups in total. The molecule has 0 saturated heterocycles. The average molecular weight is 502 g/mol. The summed E-state index contributed by atoms with van der Waals surface area (Å²) in [6.07, 6.45) is 3.87. The van der Waals surface area contributed by atoms with E-state index in [9.17, 15) is 14.0 Å². The van der Waals surface area contributed by atoms with E-state index >= 15 is 0 Å². The van der Waals surface area contributed by atoms with Gasteiger partial charge < -0.3 is 10.1 Å². The summed E-state index contributed by atoms with van der Waals surface area (Å²) in [5, 5.41) is 11.4. The van der Waals surface area contributed by atoms with Crippen LogP contribution in [0.3, 0.4) is 0 Å². The average Bonchev–Trinajstić information content (AvgIpc) is 3.58. The van der Waals surface area contributed by atoms with Crippen molar-refractivity contribution in [2.45, 2.75) is 44.3 Å². The number of hydrogen-bond donors (Lipinski definition) is 1. The van der Waals surface area contributed by atoms with Crippen molar-refractivity contribution in [3.05, 3.63) is 84.2 Å². The highest BCUT2D eigenvalue weighted by molar-refractivity contribution is 6.01. The van der Waals surface area contributed by atoms with Gasteiger partial charge in [0.05, 0.1) is 12.6 Å². The first-order valence-electron chi connectivity index (χ1n) is 12.3. The van der Waals surface area contributed by atoms with Gasteiger partial charge in [-0.2, -0.15) is 0 Å². The normalized spacial score (nSPS) is 14.4. The molecule has 190 valence electrons. The second kappa shape index (κ2) is 10.8. The standard InChI is InChI=1S/C28H28FN5O3/c1-37-23-10-6-9-22(17-23)34(26(35)18-33-25-12-5-4-11-24(25)31-32-33)27(19-13-15-20(29)16-14-19)28(36)30-21-7-2-3-8-21/h4-6,9-17,21,27H,2-3,7-8,18H2,1H3,(H,30,36). The van der Waals surface area contributed by atoms with Gasteiger partial charge in [-0.25, -0.2) is 9.07 Å². The fourth-order valence-corrected chi connectivity index (χ4v) is 4.85. The van der Waals surface area contributed by atoms with Crippen molar-refractivity contribution in [2.75, 3.05) is 12.0 Å². The van der Waals surface area contributed by atoms with Gasteiger partial charge in [-0.05, 0) is 54.8 Å². The Hall–Kier alpha value is -4.27. The van der Waals surface area contributed by atoms with Gasteiger partial charge in [0.25, 0.3) is 0 Å². The molecule has 0 bridgehead atoms. The minimum Gasteiger partial charge on any atom is -0.497 e. The molecule has 1 aliphatic carbocycles. The summed E-state index contributed by atoms with van der Waals surface area (Å²) in [4.78, 5) is 29.3. The Balaban J connectivity index is 1.58. The number of halogens is 1. The molecule has 1 atom stereocenters. The predicted octanol–water partition coefficient (Wildman–Crippen LogP) is 4.41. The first kappa shape index (κ1) is 24.4. The number of nitrogens with one attached hydrogen (secondary N) is 1. The predicted molar refractivity (Wildman–Crippen MR) is 138 cm³/mol. The number of aromatic nitrogens is 3. The first-order chi connectivity index (χ1) is 18.0. The molecule has 1 aromatic heterocycles. The smallest absolute Gasteiger partial charge is 0.249 e. The van der Waals surface area contributed by atoms with Gasteiger partial charge in [-0.1, -0.05) is 48.4 Å². The summed E-state index contributed by atoms with van der Waals surface area (Å²) < 4.78 is 20.8. The summed E-state index contributed by atoms with van der Waals surface area (Å²) in [5.41, 5.74) is 2.34. The molecule has 4 aromatic rings. The largest absolute Gasteiger partial charge is 0.497 e. The van der Waals surface area contributed by atoms with Gasteiger partial charge >= 0.3 is 0 Å². The number of rotatable bonds is 8. The maximum absolute atomic E-state index is 14.0. The van der Waals surface area contributed by atoms with Crippen LogP contribution in [0.1, 0.15) is 37.3 Å². The topological polar surface area (TPSA) is 89.3 Å². The maximum Gasteiger partial charge on any atom is 0.249 e. The fourth-order valence-electron chi connectivity index (χ4n) is 4.85. The third-order valence-electron chi connectivity index (χ3n) is 6.70. The van der Waals surface area contributed by atoms with Gasteiger partial charge in [0.1, 0.15) is 29.7 Å². The fraction of sp³-hybridized carbons (Fsp3) is 0.286. The van der Waals surface area contributed by atoms with Crippen molar-refractivity contribution in [1.82, 2.24) is 20.3 Å². The second-order valence-electron chi connectivity index (χ2n) is 9.15. The van der Waals surface area contributed by atoms with E-state index < -0.39 is 11.9 Å². The highest BCUT2D eigenvalue weighted by atomic mass is 19.1. The van der Waals surface area contributed by atoms with E-state index in [4.69, 9.17) is 4.74 Å². The molecule has 1 aliphatic rings. The summed E-state index contributed by atoms with van der Waals surface area (Å²) in [5.74, 6) is -0.583. The number of benzene rings is 3. The Kier molecular flexibility index (Phi) is 7.11. The Morgan fingerprint density at radius 2 is 1.84 bits per heavy atom. The number of nitrogens with zero attached hydrogens (tertiary/aromatic N) is 4. The lowest BCUT2D eigenvalue weighted by Crippen LogP contribution is -2.47. The molecule has 1 unspecified atom stereocenters. The molecular weight excluding hydrogens is 473 g/mol. The zero-order valence-electron chi connectivity index (χ0n) is 20.5. The Bertz CT molecular complexity index is 1400. The molecule has 5 rings (SSSR count). The van der Waals surface area contributed by atoms with Crippen molar-refractivity contribution >= 4 is 28.5 Å². The number of anilines is 1. The van der Waals surface area contributed by atoms with Gasteiger partial charge in [-0.3, -0.25) is 14.5 Å². The van der Waals surface area contributed by atoms with Gasteiger partial charge in [0, 0.05) is 17.8 Å². The first-order valence-corrected chi connectivity index (χ1v) is 12.3. The number of fused-ring (bicyclic) bond motifs is 1. The van der Waals surface area contributed by atoms with Crippen molar-refractivity contribution in [1.29, 1.82) is 0 Å². The quantitative estimate of drug-likeness (QED) is 0.386. The number of amides is 2. The number of para-hydroxylation sites is 1. The second-order valence-corrected chi connectivity index (χ2v) is 9.15. The van der Waals surface area contributed by atoms with Crippen molar-refractivity contribution < 1.29 is 18.7 Å². The van der Waals surface area contributed by atoms with E-state index in [1.54, 1.807) is 36.4 Å². The van der Waals surface area contributed by atoms with Gasteiger partial charge in [-0.15, -0.1) is 5.10 Å². The highest BCUT2D eigenvalue weighted by Gasteiger charge is 2.35. The van der Waals surface area contributed by atoms with Gasteiger partial charge in [0.2, 0.25) is 11.8 Å². The monoisotopic (exact) mass is 501 g/mol. The van der Waals surface area contributed by atoms with E-state index in [-0.39, 0.29) is 24.4 Å². The van der Waals surface area contributed by atoms with E-state index in [0.29, 0.717) is 28.0 Å². The van der Waals surface area contributed by atoms with Crippen LogP contribution in [0.4, 0.5) is 10.1 Å². The lowest BCUT2D eigenvalue weighted by atomic mass is 10.0. The van der Waals surface area contributed by atoms with Crippen LogP contribution in [-0.4, -0.2) is 40.0 Å². The Morgan fingerprint density at radius 3 is 2.59 bits per heavy atom. The lowest BCUT2D eigenvalue weighted by Gasteiger charge is -2.32. The summed E-state index contributed by atoms with van der Waals surface area (Å²) in [6, 6.07) is 19.0. The maximum atomic E-state index is 14.0. The number of methoxy groups -OCH3 is 1. The molecule has 37 heavy (non-hydrogen) atoms. The summed E-state index contributed by atoms with van der Waals surface area (Å²) in [6.45, 7) is -0.147. The van der Waals surface area contributed by atoms with Crippen LogP contribution >= 0.6 is 0 Å². The molecular formula is C28H28FN5O3. The number of carbonyl (C=O) groups excluding carboxylic acids is 2. The molecule has 0 spiro atoms. The summed E-state index contributed by atoms with van der Waals surface area (Å²) >= 11 is 0. The van der Waals surface area contributed by atoms with Crippen molar-refractivity contribution in [3.8, 4) is 5.75 Å². The Labute approximate surface area is 214 Å². The highest BCUT2D eigenvalue weighted by Crippen LogP contribution is 2.32. The molecule has 0 radical (unpaired) electrons. The van der Waals surface area contributed by atoms with Crippen LogP contribution < -0.4 is 15.0 Å². The molecule has 1 saturated carbocycles. The molecule has 9 heteroatoms. The van der Waals surface area contributed by atoms with Crippen LogP contribution in [0, 0.1) is 5.82 Å². The van der Waals surface area contributed by atoms with Crippen molar-refractivity contribution in [3.63, 3.8) is 0 Å². The number of hydrogen-bond acceptors (Lipinski definition) is 5. The SMILES string of the molecule is COc1cccc(N(C(=O)Cn2nnc3ccccc32)C(C(=O)NC2CCCC2)c2ccc(F)cc2)c1. The molecule has 1 heterocycles. The Morgan fingerprint density at radius 1 is 1.08 bits per heavy atom. The lowest BCUT2D eigenvalue weighted by molar-refractivity contribution is -0.127. The molecule has 3 aromatic carbocycles. The van der Waals surface area contributed by atoms with Crippen LogP contribution in [0.15, 0.2) is 72.8 Å². The molecule has 0 aliphatic heterocycles. The van der Waals surface area contributed by atoms with Crippen LogP contribution in [0.2, 0.25) is 0 Å². The molecule has 8 nitrogen and oxygen atoms in total.